The summed E-state index contributed by atoms with van der Waals surface area (Å²) in [6.07, 6.45) is 7.38. The summed E-state index contributed by atoms with van der Waals surface area (Å²) < 4.78 is 3.44. The van der Waals surface area contributed by atoms with E-state index in [1.807, 2.05) is 43.5 Å². The van der Waals surface area contributed by atoms with Crippen molar-refractivity contribution in [3.8, 4) is 5.69 Å². The summed E-state index contributed by atoms with van der Waals surface area (Å²) in [4.78, 5) is 12.0. The minimum atomic E-state index is -0.0510. The van der Waals surface area contributed by atoms with E-state index in [9.17, 15) is 4.79 Å². The highest BCUT2D eigenvalue weighted by molar-refractivity contribution is 5.76. The zero-order valence-corrected chi connectivity index (χ0v) is 12.8. The lowest BCUT2D eigenvalue weighted by Gasteiger charge is -2.15. The largest absolute Gasteiger partial charge is 0.350 e. The molecular formula is C16H18N6O. The first-order valence-electron chi connectivity index (χ1n) is 7.46. The molecule has 0 saturated heterocycles. The van der Waals surface area contributed by atoms with Crippen molar-refractivity contribution in [1.29, 1.82) is 0 Å². The molecule has 1 aromatic carbocycles. The van der Waals surface area contributed by atoms with Crippen LogP contribution in [0.1, 0.15) is 24.9 Å². The number of hydrogen-bond donors (Lipinski definition) is 1. The number of aryl methyl sites for hydroxylation is 1. The van der Waals surface area contributed by atoms with Crippen LogP contribution in [0.15, 0.2) is 55.1 Å². The number of carbonyl (C=O) groups excluding carboxylic acids is 1. The fourth-order valence-corrected chi connectivity index (χ4v) is 2.31. The van der Waals surface area contributed by atoms with Gasteiger partial charge in [-0.2, -0.15) is 5.10 Å². The summed E-state index contributed by atoms with van der Waals surface area (Å²) in [6.45, 7) is 2.55. The lowest BCUT2D eigenvalue weighted by Crippen LogP contribution is -2.27. The van der Waals surface area contributed by atoms with E-state index < -0.39 is 0 Å². The van der Waals surface area contributed by atoms with Crippen LogP contribution in [0.25, 0.3) is 5.69 Å². The molecule has 0 aliphatic heterocycles. The predicted molar refractivity (Wildman–Crippen MR) is 84.8 cm³/mol. The second-order valence-electron chi connectivity index (χ2n) is 5.25. The molecule has 0 aliphatic carbocycles. The van der Waals surface area contributed by atoms with Crippen LogP contribution in [0.4, 0.5) is 0 Å². The number of rotatable bonds is 6. The van der Waals surface area contributed by atoms with Crippen molar-refractivity contribution in [2.24, 2.45) is 0 Å². The van der Waals surface area contributed by atoms with Gasteiger partial charge >= 0.3 is 0 Å². The van der Waals surface area contributed by atoms with Crippen LogP contribution >= 0.6 is 0 Å². The first-order valence-corrected chi connectivity index (χ1v) is 7.46. The van der Waals surface area contributed by atoms with E-state index in [1.54, 1.807) is 28.0 Å². The second-order valence-corrected chi connectivity index (χ2v) is 5.25. The van der Waals surface area contributed by atoms with E-state index in [-0.39, 0.29) is 11.9 Å². The van der Waals surface area contributed by atoms with Gasteiger partial charge < -0.3 is 5.32 Å². The van der Waals surface area contributed by atoms with Gasteiger partial charge in [-0.3, -0.25) is 9.48 Å². The molecule has 0 fully saturated rings. The molecule has 0 aliphatic rings. The molecule has 0 bridgehead atoms. The second kappa shape index (κ2) is 6.87. The van der Waals surface area contributed by atoms with Gasteiger partial charge in [-0.05, 0) is 30.7 Å². The Morgan fingerprint density at radius 3 is 2.70 bits per heavy atom. The van der Waals surface area contributed by atoms with Gasteiger partial charge in [0.1, 0.15) is 0 Å². The van der Waals surface area contributed by atoms with Gasteiger partial charge in [0.15, 0.2) is 0 Å². The number of nitrogens with zero attached hydrogens (tertiary/aromatic N) is 5. The van der Waals surface area contributed by atoms with Crippen LogP contribution in [-0.2, 0) is 11.3 Å². The van der Waals surface area contributed by atoms with E-state index >= 15 is 0 Å². The van der Waals surface area contributed by atoms with Crippen molar-refractivity contribution < 1.29 is 4.79 Å². The minimum Gasteiger partial charge on any atom is -0.350 e. The van der Waals surface area contributed by atoms with Crippen molar-refractivity contribution >= 4 is 5.91 Å². The summed E-state index contributed by atoms with van der Waals surface area (Å²) in [5.41, 5.74) is 1.98. The SMILES string of the molecule is C[C@H](NC(=O)CCn1cccn1)c1ccc(-n2ccnn2)cc1. The Kier molecular flexibility index (Phi) is 4.46. The van der Waals surface area contributed by atoms with E-state index in [1.165, 1.54) is 0 Å². The molecule has 1 amide bonds. The van der Waals surface area contributed by atoms with Crippen molar-refractivity contribution in [1.82, 2.24) is 30.1 Å². The molecule has 2 heterocycles. The van der Waals surface area contributed by atoms with Crippen LogP contribution in [0, 0.1) is 0 Å². The zero-order valence-electron chi connectivity index (χ0n) is 12.8. The standard InChI is InChI=1S/C16H18N6O/c1-13(19-16(23)7-11-21-10-2-8-18-21)14-3-5-15(6-4-14)22-12-9-17-20-22/h2-6,8-10,12-13H,7,11H2,1H3,(H,19,23)/t13-/m0/s1. The number of benzene rings is 1. The van der Waals surface area contributed by atoms with Crippen LogP contribution in [0.3, 0.4) is 0 Å². The average molecular weight is 310 g/mol. The molecule has 7 nitrogen and oxygen atoms in total. The monoisotopic (exact) mass is 310 g/mol. The van der Waals surface area contributed by atoms with E-state index in [2.05, 4.69) is 20.7 Å². The zero-order chi connectivity index (χ0) is 16.1. The van der Waals surface area contributed by atoms with Gasteiger partial charge in [0, 0.05) is 25.4 Å². The smallest absolute Gasteiger partial charge is 0.222 e. The first-order chi connectivity index (χ1) is 11.2. The molecule has 0 spiro atoms. The van der Waals surface area contributed by atoms with Gasteiger partial charge in [0.2, 0.25) is 5.91 Å². The quantitative estimate of drug-likeness (QED) is 0.752. The third kappa shape index (κ3) is 3.82. The Bertz CT molecular complexity index is 733. The van der Waals surface area contributed by atoms with E-state index in [4.69, 9.17) is 0 Å². The molecule has 1 N–H and O–H groups in total. The number of amides is 1. The highest BCUT2D eigenvalue weighted by atomic mass is 16.1. The molecule has 7 heteroatoms. The Labute approximate surface area is 133 Å². The Balaban J connectivity index is 1.55. The lowest BCUT2D eigenvalue weighted by atomic mass is 10.1. The van der Waals surface area contributed by atoms with Crippen molar-refractivity contribution in [3.63, 3.8) is 0 Å². The van der Waals surface area contributed by atoms with Crippen molar-refractivity contribution in [3.05, 3.63) is 60.7 Å². The Morgan fingerprint density at radius 2 is 2.04 bits per heavy atom. The highest BCUT2D eigenvalue weighted by Crippen LogP contribution is 2.15. The van der Waals surface area contributed by atoms with Crippen LogP contribution in [0.2, 0.25) is 0 Å². The minimum absolute atomic E-state index is 0.00773. The molecule has 3 aromatic rings. The normalized spacial score (nSPS) is 12.0. The third-order valence-corrected chi connectivity index (χ3v) is 3.58. The van der Waals surface area contributed by atoms with Gasteiger partial charge in [-0.25, -0.2) is 4.68 Å². The molecule has 0 radical (unpaired) electrons. The molecule has 1 atom stereocenters. The van der Waals surface area contributed by atoms with Crippen LogP contribution < -0.4 is 5.32 Å². The summed E-state index contributed by atoms with van der Waals surface area (Å²) in [6, 6.07) is 9.67. The van der Waals surface area contributed by atoms with E-state index in [0.29, 0.717) is 13.0 Å². The molecule has 23 heavy (non-hydrogen) atoms. The predicted octanol–water partition coefficient (Wildman–Crippen LogP) is 1.73. The fourth-order valence-electron chi connectivity index (χ4n) is 2.31. The maximum absolute atomic E-state index is 12.0. The molecular weight excluding hydrogens is 292 g/mol. The lowest BCUT2D eigenvalue weighted by molar-refractivity contribution is -0.122. The van der Waals surface area contributed by atoms with E-state index in [0.717, 1.165) is 11.3 Å². The van der Waals surface area contributed by atoms with Gasteiger partial charge in [-0.1, -0.05) is 17.3 Å². The van der Waals surface area contributed by atoms with Gasteiger partial charge in [0.05, 0.1) is 24.1 Å². The topological polar surface area (TPSA) is 77.6 Å². The number of nitrogens with one attached hydrogen (secondary N) is 1. The number of aromatic nitrogens is 5. The molecule has 118 valence electrons. The molecule has 2 aromatic heterocycles. The first kappa shape index (κ1) is 15.0. The molecule has 3 rings (SSSR count). The molecule has 0 saturated carbocycles. The number of hydrogen-bond acceptors (Lipinski definition) is 4. The third-order valence-electron chi connectivity index (χ3n) is 3.58. The number of carbonyl (C=O) groups is 1. The van der Waals surface area contributed by atoms with Crippen molar-refractivity contribution in [2.75, 3.05) is 0 Å². The summed E-state index contributed by atoms with van der Waals surface area (Å²) >= 11 is 0. The highest BCUT2D eigenvalue weighted by Gasteiger charge is 2.10. The Morgan fingerprint density at radius 1 is 1.22 bits per heavy atom. The average Bonchev–Trinajstić information content (AvgIpc) is 3.26. The van der Waals surface area contributed by atoms with Crippen molar-refractivity contribution in [2.45, 2.75) is 25.9 Å². The van der Waals surface area contributed by atoms with Crippen LogP contribution in [0.5, 0.6) is 0 Å². The van der Waals surface area contributed by atoms with Gasteiger partial charge in [0.25, 0.3) is 0 Å². The molecule has 0 unspecified atom stereocenters. The fraction of sp³-hybridized carbons (Fsp3) is 0.250. The maximum atomic E-state index is 12.0. The Hall–Kier alpha value is -2.96. The maximum Gasteiger partial charge on any atom is 0.222 e. The van der Waals surface area contributed by atoms with Crippen LogP contribution in [-0.4, -0.2) is 30.7 Å². The summed E-state index contributed by atoms with van der Waals surface area (Å²) in [5, 5.41) is 14.8. The van der Waals surface area contributed by atoms with Gasteiger partial charge in [-0.15, -0.1) is 5.10 Å². The summed E-state index contributed by atoms with van der Waals surface area (Å²) in [5.74, 6) is 0.00773. The summed E-state index contributed by atoms with van der Waals surface area (Å²) in [7, 11) is 0.